The average molecular weight is 447 g/mol. The number of furan rings is 1. The van der Waals surface area contributed by atoms with Crippen LogP contribution < -0.4 is 10.2 Å². The van der Waals surface area contributed by atoms with Gasteiger partial charge in [-0.2, -0.15) is 0 Å². The Kier molecular flexibility index (Phi) is 5.05. The van der Waals surface area contributed by atoms with Crippen LogP contribution in [0.2, 0.25) is 0 Å². The third kappa shape index (κ3) is 3.48. The molecule has 4 rings (SSSR count). The number of aromatic nitrogens is 2. The van der Waals surface area contributed by atoms with Gasteiger partial charge in [0.25, 0.3) is 0 Å². The molecule has 1 amide bonds. The maximum absolute atomic E-state index is 14.1. The molecule has 1 aliphatic heterocycles. The monoisotopic (exact) mass is 446 g/mol. The van der Waals surface area contributed by atoms with Crippen molar-refractivity contribution in [2.24, 2.45) is 5.92 Å². The normalized spacial score (nSPS) is 17.1. The third-order valence-electron chi connectivity index (χ3n) is 5.23. The summed E-state index contributed by atoms with van der Waals surface area (Å²) >= 11 is 3.22. The number of hydrogen-bond donors (Lipinski definition) is 1. The van der Waals surface area contributed by atoms with E-state index in [1.807, 2.05) is 13.8 Å². The van der Waals surface area contributed by atoms with Gasteiger partial charge in [0.05, 0.1) is 17.0 Å². The summed E-state index contributed by atoms with van der Waals surface area (Å²) in [7, 11) is 0. The molecule has 1 aliphatic rings. The lowest BCUT2D eigenvalue weighted by molar-refractivity contribution is -0.120. The molecule has 3 aromatic rings. The Balaban J connectivity index is 1.56. The Bertz CT molecular complexity index is 1050. The Morgan fingerprint density at radius 2 is 2.18 bits per heavy atom. The van der Waals surface area contributed by atoms with Crippen molar-refractivity contribution in [3.8, 4) is 0 Å². The van der Waals surface area contributed by atoms with E-state index in [9.17, 15) is 9.18 Å². The number of nitrogens with one attached hydrogen (secondary N) is 1. The zero-order valence-electron chi connectivity index (χ0n) is 15.6. The van der Waals surface area contributed by atoms with Gasteiger partial charge < -0.3 is 14.6 Å². The van der Waals surface area contributed by atoms with E-state index in [0.29, 0.717) is 16.7 Å². The molecule has 0 aliphatic carbocycles. The lowest BCUT2D eigenvalue weighted by Gasteiger charge is -2.33. The first-order chi connectivity index (χ1) is 13.4. The van der Waals surface area contributed by atoms with E-state index in [1.165, 1.54) is 12.4 Å². The fraction of sp³-hybridized carbons (Fsp3) is 0.350. The Morgan fingerprint density at radius 3 is 2.96 bits per heavy atom. The molecule has 146 valence electrons. The summed E-state index contributed by atoms with van der Waals surface area (Å²) in [6, 6.07) is 4.60. The quantitative estimate of drug-likeness (QED) is 0.636. The fourth-order valence-corrected chi connectivity index (χ4v) is 3.95. The number of halogens is 2. The molecule has 1 fully saturated rings. The van der Waals surface area contributed by atoms with Gasteiger partial charge in [-0.1, -0.05) is 15.9 Å². The highest BCUT2D eigenvalue weighted by Gasteiger charge is 2.29. The number of hydrogen-bond acceptors (Lipinski definition) is 5. The SMILES string of the molecule is Cc1oc2ncnc(N3CCC[C@@H](C(=O)Nc4ccc(Br)cc4F)C3)c2c1C. The molecule has 0 saturated carbocycles. The Hall–Kier alpha value is -2.48. The van der Waals surface area contributed by atoms with Crippen LogP contribution in [0.15, 0.2) is 33.4 Å². The zero-order chi connectivity index (χ0) is 19.8. The Morgan fingerprint density at radius 1 is 1.36 bits per heavy atom. The number of piperidine rings is 1. The van der Waals surface area contributed by atoms with Crippen LogP contribution in [-0.4, -0.2) is 29.0 Å². The van der Waals surface area contributed by atoms with Crippen LogP contribution in [0.25, 0.3) is 11.1 Å². The number of benzene rings is 1. The number of fused-ring (bicyclic) bond motifs is 1. The second-order valence-corrected chi connectivity index (χ2v) is 7.97. The van der Waals surface area contributed by atoms with Gasteiger partial charge in [-0.3, -0.25) is 4.79 Å². The van der Waals surface area contributed by atoms with Gasteiger partial charge in [0.15, 0.2) is 0 Å². The summed E-state index contributed by atoms with van der Waals surface area (Å²) in [6.07, 6.45) is 3.08. The molecule has 1 saturated heterocycles. The van der Waals surface area contributed by atoms with Crippen molar-refractivity contribution in [2.75, 3.05) is 23.3 Å². The van der Waals surface area contributed by atoms with Crippen molar-refractivity contribution in [1.82, 2.24) is 9.97 Å². The molecule has 0 unspecified atom stereocenters. The minimum Gasteiger partial charge on any atom is -0.443 e. The van der Waals surface area contributed by atoms with E-state index < -0.39 is 5.82 Å². The average Bonchev–Trinajstić information content (AvgIpc) is 2.98. The van der Waals surface area contributed by atoms with Gasteiger partial charge in [-0.15, -0.1) is 0 Å². The van der Waals surface area contributed by atoms with E-state index in [4.69, 9.17) is 4.42 Å². The number of rotatable bonds is 3. The molecule has 0 bridgehead atoms. The number of anilines is 2. The minimum absolute atomic E-state index is 0.184. The second-order valence-electron chi connectivity index (χ2n) is 7.06. The lowest BCUT2D eigenvalue weighted by Crippen LogP contribution is -2.41. The van der Waals surface area contributed by atoms with Crippen molar-refractivity contribution >= 4 is 44.4 Å². The summed E-state index contributed by atoms with van der Waals surface area (Å²) in [6.45, 7) is 5.20. The van der Waals surface area contributed by atoms with Crippen LogP contribution in [0.4, 0.5) is 15.9 Å². The summed E-state index contributed by atoms with van der Waals surface area (Å²) < 4.78 is 20.4. The predicted molar refractivity (Wildman–Crippen MR) is 109 cm³/mol. The molecule has 1 atom stereocenters. The summed E-state index contributed by atoms with van der Waals surface area (Å²) in [5, 5.41) is 3.61. The predicted octanol–water partition coefficient (Wildman–Crippen LogP) is 4.60. The third-order valence-corrected chi connectivity index (χ3v) is 5.72. The molecule has 28 heavy (non-hydrogen) atoms. The number of carbonyl (C=O) groups is 1. The van der Waals surface area contributed by atoms with E-state index >= 15 is 0 Å². The molecule has 8 heteroatoms. The largest absolute Gasteiger partial charge is 0.443 e. The number of amides is 1. The van der Waals surface area contributed by atoms with Gasteiger partial charge >= 0.3 is 0 Å². The second kappa shape index (κ2) is 7.50. The zero-order valence-corrected chi connectivity index (χ0v) is 17.2. The highest BCUT2D eigenvalue weighted by atomic mass is 79.9. The van der Waals surface area contributed by atoms with E-state index in [1.54, 1.807) is 12.1 Å². The van der Waals surface area contributed by atoms with Gasteiger partial charge in [-0.25, -0.2) is 14.4 Å². The lowest BCUT2D eigenvalue weighted by atomic mass is 9.96. The van der Waals surface area contributed by atoms with Crippen molar-refractivity contribution in [1.29, 1.82) is 0 Å². The van der Waals surface area contributed by atoms with Crippen molar-refractivity contribution in [3.05, 3.63) is 46.1 Å². The van der Waals surface area contributed by atoms with E-state index in [-0.39, 0.29) is 17.5 Å². The van der Waals surface area contributed by atoms with E-state index in [0.717, 1.165) is 41.9 Å². The smallest absolute Gasteiger partial charge is 0.231 e. The fourth-order valence-electron chi connectivity index (χ4n) is 3.61. The van der Waals surface area contributed by atoms with Gasteiger partial charge in [0.2, 0.25) is 11.6 Å². The maximum atomic E-state index is 14.1. The number of aryl methyl sites for hydroxylation is 2. The van der Waals surface area contributed by atoms with Gasteiger partial charge in [0.1, 0.15) is 23.7 Å². The highest BCUT2D eigenvalue weighted by molar-refractivity contribution is 9.10. The molecular weight excluding hydrogens is 427 g/mol. The molecule has 2 aromatic heterocycles. The van der Waals surface area contributed by atoms with Crippen LogP contribution in [0.1, 0.15) is 24.2 Å². The van der Waals surface area contributed by atoms with Crippen LogP contribution in [-0.2, 0) is 4.79 Å². The summed E-state index contributed by atoms with van der Waals surface area (Å²) in [4.78, 5) is 23.5. The molecular formula is C20H20BrFN4O2. The standard InChI is InChI=1S/C20H20BrFN4O2/c1-11-12(2)28-20-17(11)18(23-10-24-20)26-7-3-4-13(9-26)19(27)25-16-6-5-14(21)8-15(16)22/h5-6,8,10,13H,3-4,7,9H2,1-2H3,(H,25,27)/t13-/m1/s1. The maximum Gasteiger partial charge on any atom is 0.231 e. The first-order valence-electron chi connectivity index (χ1n) is 9.15. The highest BCUT2D eigenvalue weighted by Crippen LogP contribution is 2.33. The van der Waals surface area contributed by atoms with Crippen molar-refractivity contribution in [3.63, 3.8) is 0 Å². The van der Waals surface area contributed by atoms with Crippen LogP contribution in [0.3, 0.4) is 0 Å². The molecule has 0 radical (unpaired) electrons. The van der Waals surface area contributed by atoms with Crippen LogP contribution in [0, 0.1) is 25.6 Å². The van der Waals surface area contributed by atoms with Crippen molar-refractivity contribution < 1.29 is 13.6 Å². The molecule has 3 heterocycles. The van der Waals surface area contributed by atoms with Crippen LogP contribution in [0.5, 0.6) is 0 Å². The first-order valence-corrected chi connectivity index (χ1v) is 9.95. The minimum atomic E-state index is -0.461. The number of carbonyl (C=O) groups excluding carboxylic acids is 1. The van der Waals surface area contributed by atoms with Gasteiger partial charge in [-0.05, 0) is 44.9 Å². The first kappa shape index (κ1) is 18.9. The molecule has 6 nitrogen and oxygen atoms in total. The Labute approximate surface area is 170 Å². The molecule has 1 N–H and O–H groups in total. The van der Waals surface area contributed by atoms with Crippen molar-refractivity contribution in [2.45, 2.75) is 26.7 Å². The number of nitrogens with zero attached hydrogens (tertiary/aromatic N) is 3. The summed E-state index contributed by atoms with van der Waals surface area (Å²) in [5.41, 5.74) is 1.76. The molecule has 0 spiro atoms. The summed E-state index contributed by atoms with van der Waals surface area (Å²) in [5.74, 6) is 0.698. The van der Waals surface area contributed by atoms with Gasteiger partial charge in [0, 0.05) is 23.1 Å². The van der Waals surface area contributed by atoms with Crippen LogP contribution >= 0.6 is 15.9 Å². The van der Waals surface area contributed by atoms with E-state index in [2.05, 4.69) is 36.1 Å². The topological polar surface area (TPSA) is 71.3 Å². The molecule has 1 aromatic carbocycles.